The summed E-state index contributed by atoms with van der Waals surface area (Å²) in [7, 11) is -7.67. The Hall–Kier alpha value is -3.50. The average molecular weight is 718 g/mol. The third-order valence-electron chi connectivity index (χ3n) is 6.17. The van der Waals surface area contributed by atoms with Gasteiger partial charge in [-0.2, -0.15) is 16.8 Å². The van der Waals surface area contributed by atoms with Gasteiger partial charge >= 0.3 is 5.97 Å². The van der Waals surface area contributed by atoms with Crippen LogP contribution in [0.2, 0.25) is 0 Å². The van der Waals surface area contributed by atoms with Crippen LogP contribution in [0.25, 0.3) is 33.4 Å². The van der Waals surface area contributed by atoms with E-state index in [-0.39, 0.29) is 45.5 Å². The molecule has 4 rings (SSSR count). The van der Waals surface area contributed by atoms with Gasteiger partial charge in [-0.1, -0.05) is 21.6 Å². The standard InChI is InChI=1S/C25H23N3O12S5/c26-16-4-2-13-20(14-3-5-17(27)24(45(37,38)39)22(14)40-21(13)23(16)44(34,35)36)15-11-12(1-6-18(15)43(32)33)25(31)28-8-10-42-41-9-7-19(29)30/h1-6,11,26H,7-10,27H2,(H,28,31)(H,29,30)(H,32,33)(H,34,35,36)(H,37,38,39). The molecular weight excluding hydrogens is 695 g/mol. The number of carbonyl (C=O) groups excluding carboxylic acids is 1. The van der Waals surface area contributed by atoms with Crippen molar-refractivity contribution >= 4 is 81.4 Å². The van der Waals surface area contributed by atoms with Crippen LogP contribution in [0.1, 0.15) is 16.8 Å². The number of rotatable bonds is 12. The molecule has 0 saturated carbocycles. The summed E-state index contributed by atoms with van der Waals surface area (Å²) >= 11 is -2.72. The van der Waals surface area contributed by atoms with E-state index in [2.05, 4.69) is 5.32 Å². The Morgan fingerprint density at radius 1 is 0.956 bits per heavy atom. The zero-order valence-corrected chi connectivity index (χ0v) is 26.6. The van der Waals surface area contributed by atoms with Crippen LogP contribution in [-0.4, -0.2) is 69.7 Å². The van der Waals surface area contributed by atoms with E-state index in [4.69, 9.17) is 20.7 Å². The highest BCUT2D eigenvalue weighted by atomic mass is 33.1. The molecule has 20 heteroatoms. The lowest BCUT2D eigenvalue weighted by molar-refractivity contribution is -0.136. The summed E-state index contributed by atoms with van der Waals surface area (Å²) in [6.07, 6.45) is -0.0192. The second-order valence-electron chi connectivity index (χ2n) is 9.11. The number of benzene rings is 3. The fourth-order valence-electron chi connectivity index (χ4n) is 4.37. The second kappa shape index (κ2) is 13.5. The predicted octanol–water partition coefficient (Wildman–Crippen LogP) is 2.93. The molecule has 1 atom stereocenters. The molecule has 1 amide bonds. The summed E-state index contributed by atoms with van der Waals surface area (Å²) in [6, 6.07) is 8.14. The number of nitrogens with one attached hydrogen (secondary N) is 2. The monoisotopic (exact) mass is 717 g/mol. The maximum absolute atomic E-state index is 13.0. The molecule has 1 aliphatic heterocycles. The van der Waals surface area contributed by atoms with Crippen LogP contribution in [0.4, 0.5) is 5.69 Å². The molecule has 45 heavy (non-hydrogen) atoms. The fourth-order valence-corrected chi connectivity index (χ4v) is 8.27. The lowest BCUT2D eigenvalue weighted by Crippen LogP contribution is -2.25. The number of carboxylic acid groups (broad SMARTS) is 1. The van der Waals surface area contributed by atoms with Crippen molar-refractivity contribution in [3.8, 4) is 22.5 Å². The van der Waals surface area contributed by atoms with Crippen molar-refractivity contribution in [1.29, 1.82) is 5.41 Å². The van der Waals surface area contributed by atoms with Gasteiger partial charge in [-0.15, -0.1) is 0 Å². The largest absolute Gasteiger partial charge is 0.481 e. The highest BCUT2D eigenvalue weighted by Gasteiger charge is 2.31. The zero-order chi connectivity index (χ0) is 33.3. The SMILES string of the molecule is N=c1ccc2c(-c3cc(C(=O)NCCSSCCC(=O)O)ccc3S(=O)O)c3ccc(N)c(S(=O)(=O)O)c3oc-2c1S(=O)(=O)O. The fraction of sp³-hybridized carbons (Fsp3) is 0.160. The number of nitrogens with two attached hydrogens (primary N) is 1. The molecule has 2 aromatic rings. The molecule has 15 nitrogen and oxygen atoms in total. The zero-order valence-electron chi connectivity index (χ0n) is 22.5. The lowest BCUT2D eigenvalue weighted by Gasteiger charge is -2.20. The Morgan fingerprint density at radius 2 is 1.62 bits per heavy atom. The number of carbonyl (C=O) groups is 2. The highest BCUT2D eigenvalue weighted by molar-refractivity contribution is 8.76. The van der Waals surface area contributed by atoms with Crippen molar-refractivity contribution in [2.75, 3.05) is 23.8 Å². The van der Waals surface area contributed by atoms with E-state index >= 15 is 0 Å². The number of aliphatic carboxylic acids is 1. The van der Waals surface area contributed by atoms with Gasteiger partial charge in [-0.25, -0.2) is 4.21 Å². The van der Waals surface area contributed by atoms with E-state index in [0.29, 0.717) is 11.5 Å². The van der Waals surface area contributed by atoms with Crippen LogP contribution in [0, 0.1) is 5.41 Å². The first-order chi connectivity index (χ1) is 21.0. The first kappa shape index (κ1) is 34.4. The number of fused-ring (bicyclic) bond motifs is 2. The van der Waals surface area contributed by atoms with Gasteiger partial charge in [0.1, 0.15) is 0 Å². The molecule has 0 saturated heterocycles. The molecule has 0 bridgehead atoms. The summed E-state index contributed by atoms with van der Waals surface area (Å²) in [6.45, 7) is 0.170. The average Bonchev–Trinajstić information content (AvgIpc) is 2.93. The minimum atomic E-state index is -5.19. The van der Waals surface area contributed by atoms with E-state index in [1.165, 1.54) is 45.9 Å². The van der Waals surface area contributed by atoms with E-state index in [9.17, 15) is 44.3 Å². The quantitative estimate of drug-likeness (QED) is 0.0277. The molecule has 240 valence electrons. The predicted molar refractivity (Wildman–Crippen MR) is 167 cm³/mol. The van der Waals surface area contributed by atoms with Crippen molar-refractivity contribution in [2.45, 2.75) is 21.1 Å². The number of anilines is 1. The van der Waals surface area contributed by atoms with Gasteiger partial charge < -0.3 is 25.1 Å². The van der Waals surface area contributed by atoms with E-state index in [1.807, 2.05) is 0 Å². The molecule has 1 aliphatic carbocycles. The molecule has 0 aromatic heterocycles. The van der Waals surface area contributed by atoms with Crippen molar-refractivity contribution in [1.82, 2.24) is 5.32 Å². The van der Waals surface area contributed by atoms with Crippen molar-refractivity contribution in [3.05, 3.63) is 53.4 Å². The van der Waals surface area contributed by atoms with Crippen LogP contribution < -0.4 is 16.4 Å². The second-order valence-corrected chi connectivity index (χ2v) is 15.5. The Bertz CT molecular complexity index is 2110. The summed E-state index contributed by atoms with van der Waals surface area (Å²) in [5.74, 6) is -1.49. The van der Waals surface area contributed by atoms with Crippen LogP contribution in [0.5, 0.6) is 0 Å². The van der Waals surface area contributed by atoms with Crippen LogP contribution in [0.3, 0.4) is 0 Å². The number of hydrogen-bond acceptors (Lipinski definition) is 12. The molecule has 0 fully saturated rings. The molecule has 2 aromatic carbocycles. The molecule has 1 heterocycles. The maximum Gasteiger partial charge on any atom is 0.304 e. The molecule has 8 N–H and O–H groups in total. The first-order valence-electron chi connectivity index (χ1n) is 12.3. The summed E-state index contributed by atoms with van der Waals surface area (Å²) in [5.41, 5.74) is 4.13. The number of amides is 1. The van der Waals surface area contributed by atoms with Gasteiger partial charge in [-0.3, -0.25) is 24.1 Å². The summed E-state index contributed by atoms with van der Waals surface area (Å²) < 4.78 is 97.6. The third-order valence-corrected chi connectivity index (χ3v) is 11.2. The first-order valence-corrected chi connectivity index (χ1v) is 18.8. The van der Waals surface area contributed by atoms with Gasteiger partial charge in [0, 0.05) is 45.7 Å². The van der Waals surface area contributed by atoms with Crippen molar-refractivity contribution < 1.29 is 53.8 Å². The molecule has 2 aliphatic rings. The van der Waals surface area contributed by atoms with E-state index < -0.39 is 75.4 Å². The van der Waals surface area contributed by atoms with Gasteiger partial charge in [-0.05, 0) is 42.5 Å². The Labute approximate surface area is 265 Å². The number of nitrogen functional groups attached to an aromatic ring is 1. The minimum Gasteiger partial charge on any atom is -0.481 e. The molecule has 0 radical (unpaired) electrons. The van der Waals surface area contributed by atoms with E-state index in [0.717, 1.165) is 18.2 Å². The molecular formula is C25H23N3O12S5. The maximum atomic E-state index is 13.0. The topological polar surface area (TPSA) is 275 Å². The summed E-state index contributed by atoms with van der Waals surface area (Å²) in [5, 5.41) is 18.6. The highest BCUT2D eigenvalue weighted by Crippen LogP contribution is 2.46. The van der Waals surface area contributed by atoms with Crippen LogP contribution in [-0.2, 0) is 36.1 Å². The minimum absolute atomic E-state index is 0.0192. The lowest BCUT2D eigenvalue weighted by atomic mass is 9.92. The van der Waals surface area contributed by atoms with Gasteiger partial charge in [0.25, 0.3) is 26.1 Å². The van der Waals surface area contributed by atoms with E-state index in [1.54, 1.807) is 0 Å². The number of carboxylic acids is 1. The van der Waals surface area contributed by atoms with Crippen LogP contribution >= 0.6 is 21.6 Å². The van der Waals surface area contributed by atoms with Gasteiger partial charge in [0.05, 0.1) is 22.4 Å². The third kappa shape index (κ3) is 7.49. The smallest absolute Gasteiger partial charge is 0.304 e. The normalized spacial score (nSPS) is 12.8. The van der Waals surface area contributed by atoms with Crippen molar-refractivity contribution in [3.63, 3.8) is 0 Å². The molecule has 0 spiro atoms. The van der Waals surface area contributed by atoms with Gasteiger partial charge in [0.15, 0.2) is 32.2 Å². The summed E-state index contributed by atoms with van der Waals surface area (Å²) in [4.78, 5) is 21.3. The Morgan fingerprint density at radius 3 is 2.24 bits per heavy atom. The molecule has 1 unspecified atom stereocenters. The van der Waals surface area contributed by atoms with Crippen LogP contribution in [0.15, 0.2) is 61.6 Å². The Balaban J connectivity index is 1.95. The number of hydrogen-bond donors (Lipinski definition) is 7. The van der Waals surface area contributed by atoms with Gasteiger partial charge in [0.2, 0.25) is 0 Å². The Kier molecular flexibility index (Phi) is 10.3. The van der Waals surface area contributed by atoms with Crippen molar-refractivity contribution in [2.24, 2.45) is 0 Å².